The molecule has 0 bridgehead atoms. The maximum atomic E-state index is 3.90. The largest absolute Gasteiger partial charge is 0.143 e. The van der Waals surface area contributed by atoms with Crippen molar-refractivity contribution in [2.24, 2.45) is 0 Å². The lowest BCUT2D eigenvalue weighted by Gasteiger charge is -2.02. The predicted molar refractivity (Wildman–Crippen MR) is 162 cm³/mol. The highest BCUT2D eigenvalue weighted by molar-refractivity contribution is 9.11. The van der Waals surface area contributed by atoms with Gasteiger partial charge in [-0.1, -0.05) is 78.6 Å². The van der Waals surface area contributed by atoms with E-state index in [2.05, 4.69) is 60.3 Å². The van der Waals surface area contributed by atoms with Crippen molar-refractivity contribution in [3.8, 4) is 19.5 Å². The molecule has 0 saturated heterocycles. The molecule has 0 aliphatic heterocycles. The van der Waals surface area contributed by atoms with Crippen LogP contribution in [0.15, 0.2) is 27.4 Å². The molecule has 0 aliphatic carbocycles. The first-order valence-electron chi connectivity index (χ1n) is 13.6. The topological polar surface area (TPSA) is 0 Å². The van der Waals surface area contributed by atoms with Gasteiger partial charge in [-0.2, -0.15) is 0 Å². The van der Waals surface area contributed by atoms with E-state index in [0.29, 0.717) is 0 Å². The van der Waals surface area contributed by atoms with Crippen LogP contribution in [0.5, 0.6) is 0 Å². The van der Waals surface area contributed by atoms with Crippen molar-refractivity contribution >= 4 is 49.9 Å². The number of unbranched alkanes of at least 4 members (excludes halogenated alkanes) is 9. The Labute approximate surface area is 229 Å². The van der Waals surface area contributed by atoms with E-state index in [9.17, 15) is 0 Å². The Bertz CT molecular complexity index is 962. The molecule has 0 radical (unpaired) electrons. The third-order valence-electron chi connectivity index (χ3n) is 6.61. The molecule has 0 amide bonds. The van der Waals surface area contributed by atoms with Crippen molar-refractivity contribution in [2.75, 3.05) is 0 Å². The lowest BCUT2D eigenvalue weighted by molar-refractivity contribution is 0.667. The summed E-state index contributed by atoms with van der Waals surface area (Å²) in [6.45, 7) is 6.88. The minimum absolute atomic E-state index is 1.20. The molecule has 0 unspecified atom stereocenters. The summed E-state index contributed by atoms with van der Waals surface area (Å²) in [7, 11) is 0. The van der Waals surface area contributed by atoms with Crippen molar-refractivity contribution < 1.29 is 0 Å². The molecule has 0 saturated carbocycles. The minimum atomic E-state index is 1.20. The average Bonchev–Trinajstić information content (AvgIpc) is 3.56. The normalized spacial score (nSPS) is 11.5. The zero-order valence-electron chi connectivity index (χ0n) is 21.5. The monoisotopic (exact) mass is 578 g/mol. The molecular weight excluding hydrogens is 536 g/mol. The summed E-state index contributed by atoms with van der Waals surface area (Å²) in [5, 5.41) is 2.40. The van der Waals surface area contributed by atoms with Gasteiger partial charge in [0.15, 0.2) is 0 Å². The number of thiophene rings is 3. The van der Waals surface area contributed by atoms with E-state index < -0.39 is 0 Å². The summed E-state index contributed by atoms with van der Waals surface area (Å²) in [4.78, 5) is 5.93. The van der Waals surface area contributed by atoms with Crippen LogP contribution in [0.2, 0.25) is 0 Å². The van der Waals surface area contributed by atoms with Crippen LogP contribution in [0.1, 0.15) is 115 Å². The van der Waals surface area contributed by atoms with Crippen LogP contribution < -0.4 is 0 Å². The third-order valence-corrected chi connectivity index (χ3v) is 11.1. The zero-order chi connectivity index (χ0) is 24.2. The Morgan fingerprint density at radius 1 is 0.588 bits per heavy atom. The van der Waals surface area contributed by atoms with Crippen molar-refractivity contribution in [1.82, 2.24) is 0 Å². The van der Waals surface area contributed by atoms with Gasteiger partial charge >= 0.3 is 0 Å². The molecule has 0 spiro atoms. The highest BCUT2D eigenvalue weighted by Crippen LogP contribution is 2.45. The number of hydrogen-bond donors (Lipinski definition) is 0. The molecule has 0 nitrogen and oxygen atoms in total. The van der Waals surface area contributed by atoms with Gasteiger partial charge in [0, 0.05) is 19.5 Å². The van der Waals surface area contributed by atoms with Gasteiger partial charge < -0.3 is 0 Å². The van der Waals surface area contributed by atoms with E-state index >= 15 is 0 Å². The first-order chi connectivity index (χ1) is 16.7. The van der Waals surface area contributed by atoms with E-state index in [1.165, 1.54) is 131 Å². The van der Waals surface area contributed by atoms with Crippen LogP contribution in [-0.4, -0.2) is 0 Å². The van der Waals surface area contributed by atoms with Crippen LogP contribution in [0, 0.1) is 0 Å². The fraction of sp³-hybridized carbons (Fsp3) is 0.600. The predicted octanol–water partition coefficient (Wildman–Crippen LogP) is 12.3. The summed E-state index contributed by atoms with van der Waals surface area (Å²) in [5.74, 6) is 0. The first-order valence-corrected chi connectivity index (χ1v) is 17.0. The Kier molecular flexibility index (Phi) is 13.0. The highest BCUT2D eigenvalue weighted by Gasteiger charge is 2.17. The molecule has 0 N–H and O–H groups in total. The van der Waals surface area contributed by atoms with E-state index in [-0.39, 0.29) is 0 Å². The second kappa shape index (κ2) is 15.6. The van der Waals surface area contributed by atoms with Gasteiger partial charge in [-0.15, -0.1) is 34.0 Å². The molecule has 3 aromatic heterocycles. The average molecular weight is 580 g/mol. The molecule has 0 aromatic carbocycles. The summed E-state index contributed by atoms with van der Waals surface area (Å²) in [6, 6.07) is 7.48. The Hall–Kier alpha value is -0.420. The molecular formula is C30H43BrS3. The number of halogens is 1. The third kappa shape index (κ3) is 8.61. The van der Waals surface area contributed by atoms with E-state index in [1.807, 2.05) is 34.0 Å². The first kappa shape index (κ1) is 28.2. The number of aryl methyl sites for hydroxylation is 3. The SMILES string of the molecule is CCCCCCc1csc(-c2cc(CCCCCC)c(-c3cc(CCCCCC)c(Br)s3)s2)c1. The second-order valence-corrected chi connectivity index (χ2v) is 14.0. The van der Waals surface area contributed by atoms with Crippen molar-refractivity contribution in [3.05, 3.63) is 44.1 Å². The summed E-state index contributed by atoms with van der Waals surface area (Å²) in [5.41, 5.74) is 4.61. The van der Waals surface area contributed by atoms with Gasteiger partial charge in [0.2, 0.25) is 0 Å². The zero-order valence-corrected chi connectivity index (χ0v) is 25.6. The van der Waals surface area contributed by atoms with Crippen molar-refractivity contribution in [1.29, 1.82) is 0 Å². The van der Waals surface area contributed by atoms with Crippen LogP contribution in [0.4, 0.5) is 0 Å². The molecule has 3 aromatic rings. The number of hydrogen-bond acceptors (Lipinski definition) is 3. The van der Waals surface area contributed by atoms with Gasteiger partial charge in [-0.25, -0.2) is 0 Å². The Morgan fingerprint density at radius 2 is 1.18 bits per heavy atom. The maximum Gasteiger partial charge on any atom is 0.0737 e. The fourth-order valence-corrected chi connectivity index (χ4v) is 8.67. The van der Waals surface area contributed by atoms with Gasteiger partial charge in [0.1, 0.15) is 0 Å². The van der Waals surface area contributed by atoms with Crippen LogP contribution >= 0.6 is 49.9 Å². The Balaban J connectivity index is 1.77. The van der Waals surface area contributed by atoms with E-state index in [4.69, 9.17) is 0 Å². The van der Waals surface area contributed by atoms with Crippen LogP contribution in [-0.2, 0) is 19.3 Å². The summed E-state index contributed by atoms with van der Waals surface area (Å²) < 4.78 is 1.34. The molecule has 0 fully saturated rings. The van der Waals surface area contributed by atoms with Gasteiger partial charge in [-0.3, -0.25) is 0 Å². The molecule has 4 heteroatoms. The molecule has 3 heterocycles. The molecule has 188 valence electrons. The highest BCUT2D eigenvalue weighted by atomic mass is 79.9. The standard InChI is InChI=1S/C30H43BrS3/c1-4-7-10-13-16-23-19-26(32-22-23)27-20-24(17-14-11-8-5-2)29(33-27)28-21-25(30(31)34-28)18-15-12-9-6-3/h19-22H,4-18H2,1-3H3. The lowest BCUT2D eigenvalue weighted by atomic mass is 10.0. The second-order valence-electron chi connectivity index (χ2n) is 9.63. The van der Waals surface area contributed by atoms with Crippen LogP contribution in [0.3, 0.4) is 0 Å². The fourth-order valence-electron chi connectivity index (χ4n) is 4.51. The van der Waals surface area contributed by atoms with Gasteiger partial charge in [-0.05, 0) is 94.7 Å². The quantitative estimate of drug-likeness (QED) is 0.140. The smallest absolute Gasteiger partial charge is 0.0737 e. The summed E-state index contributed by atoms with van der Waals surface area (Å²) in [6.07, 6.45) is 19.6. The van der Waals surface area contributed by atoms with Gasteiger partial charge in [0.25, 0.3) is 0 Å². The molecule has 0 aliphatic rings. The lowest BCUT2D eigenvalue weighted by Crippen LogP contribution is -1.86. The van der Waals surface area contributed by atoms with Crippen molar-refractivity contribution in [2.45, 2.75) is 117 Å². The van der Waals surface area contributed by atoms with Crippen molar-refractivity contribution in [3.63, 3.8) is 0 Å². The minimum Gasteiger partial charge on any atom is -0.143 e. The number of rotatable bonds is 17. The van der Waals surface area contributed by atoms with Crippen LogP contribution in [0.25, 0.3) is 19.5 Å². The Morgan fingerprint density at radius 3 is 1.82 bits per heavy atom. The van der Waals surface area contributed by atoms with E-state index in [0.717, 1.165) is 0 Å². The molecule has 3 rings (SSSR count). The van der Waals surface area contributed by atoms with E-state index in [1.54, 1.807) is 5.56 Å². The molecule has 0 atom stereocenters. The summed E-state index contributed by atoms with van der Waals surface area (Å²) >= 11 is 9.82. The van der Waals surface area contributed by atoms with Gasteiger partial charge in [0.05, 0.1) is 3.79 Å². The molecule has 34 heavy (non-hydrogen) atoms. The maximum absolute atomic E-state index is 3.90.